The zero-order chi connectivity index (χ0) is 15.5. The average molecular weight is 281 g/mol. The van der Waals surface area contributed by atoms with Gasteiger partial charge in [-0.05, 0) is 34.3 Å². The molecule has 0 saturated carbocycles. The van der Waals surface area contributed by atoms with Gasteiger partial charge in [-0.3, -0.25) is 0 Å². The summed E-state index contributed by atoms with van der Waals surface area (Å²) in [7, 11) is -1.92. The quantitative estimate of drug-likeness (QED) is 0.764. The van der Waals surface area contributed by atoms with E-state index in [0.29, 0.717) is 22.2 Å². The predicted octanol–water partition coefficient (Wildman–Crippen LogP) is 4.73. The van der Waals surface area contributed by atoms with Crippen LogP contribution in [0, 0.1) is 0 Å². The Morgan fingerprint density at radius 3 is 1.74 bits per heavy atom. The Balaban J connectivity index is 3.07. The highest BCUT2D eigenvalue weighted by Crippen LogP contribution is 2.42. The van der Waals surface area contributed by atoms with Gasteiger partial charge in [0.05, 0.1) is 7.95 Å². The van der Waals surface area contributed by atoms with Gasteiger partial charge in [0.2, 0.25) is 0 Å². The number of hydrogen-bond acceptors (Lipinski definition) is 2. The topological polar surface area (TPSA) is 29.5 Å². The van der Waals surface area contributed by atoms with E-state index in [1.165, 1.54) is 0 Å². The number of benzene rings is 1. The molecule has 1 atom stereocenters. The fourth-order valence-corrected chi connectivity index (χ4v) is 8.43. The summed E-state index contributed by atoms with van der Waals surface area (Å²) in [4.78, 5) is 0. The van der Waals surface area contributed by atoms with Gasteiger partial charge in [-0.1, -0.05) is 53.7 Å². The summed E-state index contributed by atoms with van der Waals surface area (Å²) in [5.74, 6) is 0.858. The molecular weight excluding hydrogens is 252 g/mol. The van der Waals surface area contributed by atoms with Crippen molar-refractivity contribution in [2.75, 3.05) is 0 Å². The zero-order valence-corrected chi connectivity index (χ0v) is 14.0. The normalized spacial score (nSPS) is 14.9. The maximum atomic E-state index is 9.25. The first-order valence-electron chi connectivity index (χ1n) is 7.68. The molecular formula is C16H28O2Si. The van der Waals surface area contributed by atoms with Crippen LogP contribution in [0.2, 0.25) is 16.6 Å². The Morgan fingerprint density at radius 2 is 1.42 bits per heavy atom. The van der Waals surface area contributed by atoms with Gasteiger partial charge in [-0.15, -0.1) is 0 Å². The van der Waals surface area contributed by atoms with Crippen LogP contribution in [0.3, 0.4) is 0 Å². The van der Waals surface area contributed by atoms with Crippen molar-refractivity contribution in [2.24, 2.45) is 0 Å². The second kappa shape index (κ2) is 6.57. The van der Waals surface area contributed by atoms with Gasteiger partial charge in [0.25, 0.3) is 8.32 Å². The van der Waals surface area contributed by atoms with Crippen LogP contribution in [0.1, 0.15) is 48.5 Å². The SMILES string of the molecule is [2H][C@H](O)c1ccc(O[Si](C(C)C)(C(C)C)C(C)C)cc1. The number of aliphatic hydroxyl groups excluding tert-OH is 1. The van der Waals surface area contributed by atoms with E-state index in [9.17, 15) is 5.11 Å². The van der Waals surface area contributed by atoms with Crippen LogP contribution in [0.25, 0.3) is 0 Å². The van der Waals surface area contributed by atoms with E-state index < -0.39 is 14.9 Å². The number of aliphatic hydroxyl groups is 1. The van der Waals surface area contributed by atoms with Crippen LogP contribution in [-0.2, 0) is 6.58 Å². The Labute approximate surface area is 120 Å². The molecule has 0 aliphatic rings. The maximum absolute atomic E-state index is 9.25. The summed E-state index contributed by atoms with van der Waals surface area (Å²) in [5, 5.41) is 9.25. The van der Waals surface area contributed by atoms with Crippen molar-refractivity contribution >= 4 is 8.32 Å². The summed E-state index contributed by atoms with van der Waals surface area (Å²) in [6.07, 6.45) is 0. The lowest BCUT2D eigenvalue weighted by atomic mass is 10.2. The highest BCUT2D eigenvalue weighted by Gasteiger charge is 2.46. The summed E-state index contributed by atoms with van der Waals surface area (Å²) in [5.41, 5.74) is 2.19. The van der Waals surface area contributed by atoms with Gasteiger partial charge >= 0.3 is 0 Å². The fourth-order valence-electron chi connectivity index (χ4n) is 3.18. The van der Waals surface area contributed by atoms with Gasteiger partial charge in [0.15, 0.2) is 0 Å². The second-order valence-electron chi connectivity index (χ2n) is 6.12. The molecule has 1 N–H and O–H groups in total. The second-order valence-corrected chi connectivity index (χ2v) is 11.5. The Morgan fingerprint density at radius 1 is 1.00 bits per heavy atom. The highest BCUT2D eigenvalue weighted by atomic mass is 28.4. The van der Waals surface area contributed by atoms with E-state index in [4.69, 9.17) is 5.80 Å². The largest absolute Gasteiger partial charge is 0.543 e. The Bertz CT molecular complexity index is 391. The predicted molar refractivity (Wildman–Crippen MR) is 84.0 cm³/mol. The molecule has 1 aromatic rings. The molecule has 0 bridgehead atoms. The fraction of sp³-hybridized carbons (Fsp3) is 0.625. The lowest BCUT2D eigenvalue weighted by Gasteiger charge is -2.42. The van der Waals surface area contributed by atoms with E-state index in [2.05, 4.69) is 41.5 Å². The van der Waals surface area contributed by atoms with Crippen molar-refractivity contribution in [3.05, 3.63) is 29.8 Å². The molecule has 0 spiro atoms. The molecule has 1 rings (SSSR count). The van der Waals surface area contributed by atoms with E-state index in [0.717, 1.165) is 5.75 Å². The molecule has 0 aromatic heterocycles. The lowest BCUT2D eigenvalue weighted by Crippen LogP contribution is -2.50. The van der Waals surface area contributed by atoms with Gasteiger partial charge in [-0.25, -0.2) is 0 Å². The molecule has 0 aliphatic carbocycles. The summed E-state index contributed by atoms with van der Waals surface area (Å²) < 4.78 is 13.8. The van der Waals surface area contributed by atoms with E-state index in [1.807, 2.05) is 12.1 Å². The van der Waals surface area contributed by atoms with Crippen molar-refractivity contribution in [3.63, 3.8) is 0 Å². The van der Waals surface area contributed by atoms with E-state index in [-0.39, 0.29) is 0 Å². The highest BCUT2D eigenvalue weighted by molar-refractivity contribution is 6.78. The Hall–Kier alpha value is -0.803. The van der Waals surface area contributed by atoms with Crippen LogP contribution in [0.5, 0.6) is 5.75 Å². The molecule has 0 radical (unpaired) electrons. The van der Waals surface area contributed by atoms with Gasteiger partial charge in [0, 0.05) is 0 Å². The first-order valence-corrected chi connectivity index (χ1v) is 9.25. The minimum Gasteiger partial charge on any atom is -0.543 e. The Kier molecular flexibility index (Phi) is 5.05. The third kappa shape index (κ3) is 3.40. The molecule has 0 unspecified atom stereocenters. The van der Waals surface area contributed by atoms with Gasteiger partial charge in [0.1, 0.15) is 5.75 Å². The van der Waals surface area contributed by atoms with Gasteiger partial charge in [-0.2, -0.15) is 0 Å². The van der Waals surface area contributed by atoms with E-state index in [1.54, 1.807) is 12.1 Å². The molecule has 0 saturated heterocycles. The van der Waals surface area contributed by atoms with Gasteiger partial charge < -0.3 is 9.53 Å². The number of hydrogen-bond donors (Lipinski definition) is 1. The first-order chi connectivity index (χ1) is 9.21. The molecule has 0 fully saturated rings. The van der Waals surface area contributed by atoms with Crippen LogP contribution in [-0.4, -0.2) is 13.4 Å². The minimum atomic E-state index is -1.92. The zero-order valence-electron chi connectivity index (χ0n) is 14.0. The maximum Gasteiger partial charge on any atom is 0.258 e. The van der Waals surface area contributed by atoms with E-state index >= 15 is 0 Å². The lowest BCUT2D eigenvalue weighted by molar-refractivity contribution is 0.281. The molecule has 19 heavy (non-hydrogen) atoms. The minimum absolute atomic E-state index is 0.531. The van der Waals surface area contributed by atoms with Crippen molar-refractivity contribution in [3.8, 4) is 5.75 Å². The van der Waals surface area contributed by atoms with Crippen molar-refractivity contribution < 1.29 is 10.9 Å². The standard InChI is InChI=1S/C16H28O2Si/c1-12(2)19(13(3)4,14(5)6)18-16-9-7-15(11-17)8-10-16/h7-10,12-14,17H,11H2,1-6H3/i11D/t11-/m0/s1. The van der Waals surface area contributed by atoms with Crippen LogP contribution < -0.4 is 4.43 Å². The molecule has 1 aromatic carbocycles. The third-order valence-corrected chi connectivity index (χ3v) is 10.0. The van der Waals surface area contributed by atoms with Crippen LogP contribution in [0.15, 0.2) is 24.3 Å². The summed E-state index contributed by atoms with van der Waals surface area (Å²) in [6, 6.07) is 7.30. The molecule has 0 amide bonds. The van der Waals surface area contributed by atoms with Crippen LogP contribution in [0.4, 0.5) is 0 Å². The molecule has 0 aliphatic heterocycles. The molecule has 108 valence electrons. The van der Waals surface area contributed by atoms with Crippen molar-refractivity contribution in [1.29, 1.82) is 0 Å². The number of rotatable bonds is 6. The average Bonchev–Trinajstić information content (AvgIpc) is 2.35. The molecule has 0 heterocycles. The van der Waals surface area contributed by atoms with Crippen LogP contribution >= 0.6 is 0 Å². The van der Waals surface area contributed by atoms with Crippen molar-refractivity contribution in [1.82, 2.24) is 0 Å². The molecule has 3 heteroatoms. The summed E-state index contributed by atoms with van der Waals surface area (Å²) in [6.45, 7) is 12.4. The molecule has 2 nitrogen and oxygen atoms in total. The smallest absolute Gasteiger partial charge is 0.258 e. The monoisotopic (exact) mass is 281 g/mol. The first kappa shape index (κ1) is 14.6. The third-order valence-electron chi connectivity index (χ3n) is 4.03. The summed E-state index contributed by atoms with van der Waals surface area (Å²) >= 11 is 0. The van der Waals surface area contributed by atoms with Crippen molar-refractivity contribution in [2.45, 2.75) is 64.7 Å².